The Morgan fingerprint density at radius 3 is 2.71 bits per heavy atom. The van der Waals surface area contributed by atoms with Gasteiger partial charge in [0.25, 0.3) is 0 Å². The Balaban J connectivity index is 1.65. The highest BCUT2D eigenvalue weighted by Gasteiger charge is 2.20. The second kappa shape index (κ2) is 5.84. The third-order valence-corrected chi connectivity index (χ3v) is 4.72. The molecular weight excluding hydrogens is 266 g/mol. The molecule has 1 fully saturated rings. The van der Waals surface area contributed by atoms with Gasteiger partial charge in [0.05, 0.1) is 16.9 Å². The minimum absolute atomic E-state index is 0.445. The molecule has 1 aromatic carbocycles. The van der Waals surface area contributed by atoms with Gasteiger partial charge in [0.15, 0.2) is 5.58 Å². The fourth-order valence-corrected chi connectivity index (χ4v) is 3.26. The number of nitrogens with two attached hydrogens (primary N) is 1. The summed E-state index contributed by atoms with van der Waals surface area (Å²) in [6.45, 7) is 3.22. The van der Waals surface area contributed by atoms with Crippen LogP contribution in [-0.2, 0) is 0 Å². The van der Waals surface area contributed by atoms with E-state index in [1.54, 1.807) is 6.07 Å². The maximum absolute atomic E-state index is 11.2. The van der Waals surface area contributed by atoms with Crippen molar-refractivity contribution >= 4 is 22.5 Å². The predicted molar refractivity (Wildman–Crippen MR) is 85.5 cm³/mol. The zero-order valence-corrected chi connectivity index (χ0v) is 12.4. The lowest BCUT2D eigenvalue weighted by Crippen LogP contribution is -2.21. The van der Waals surface area contributed by atoms with Crippen molar-refractivity contribution in [3.8, 4) is 0 Å². The molecule has 1 heterocycles. The third kappa shape index (κ3) is 3.06. The number of fused-ring (bicyclic) bond motifs is 1. The van der Waals surface area contributed by atoms with Gasteiger partial charge in [0, 0.05) is 12.6 Å². The van der Waals surface area contributed by atoms with E-state index in [0.717, 1.165) is 18.2 Å². The molecule has 1 aliphatic carbocycles. The van der Waals surface area contributed by atoms with Gasteiger partial charge in [0.1, 0.15) is 0 Å². The van der Waals surface area contributed by atoms with Gasteiger partial charge < -0.3 is 15.5 Å². The molecule has 4 N–H and O–H groups in total. The molecule has 0 saturated heterocycles. The molecule has 2 aromatic rings. The minimum atomic E-state index is -0.445. The van der Waals surface area contributed by atoms with Crippen molar-refractivity contribution in [1.29, 1.82) is 0 Å². The van der Waals surface area contributed by atoms with Crippen LogP contribution in [0.5, 0.6) is 0 Å². The van der Waals surface area contributed by atoms with E-state index in [9.17, 15) is 4.79 Å². The monoisotopic (exact) mass is 289 g/mol. The Labute approximate surface area is 123 Å². The van der Waals surface area contributed by atoms with E-state index in [4.69, 9.17) is 10.2 Å². The Morgan fingerprint density at radius 2 is 2.00 bits per heavy atom. The highest BCUT2D eigenvalue weighted by molar-refractivity contribution is 5.85. The van der Waals surface area contributed by atoms with Gasteiger partial charge >= 0.3 is 5.76 Å². The lowest BCUT2D eigenvalue weighted by Gasteiger charge is -2.28. The average molecular weight is 289 g/mol. The summed E-state index contributed by atoms with van der Waals surface area (Å²) in [7, 11) is 0. The molecule has 5 nitrogen and oxygen atoms in total. The maximum atomic E-state index is 11.2. The van der Waals surface area contributed by atoms with E-state index in [0.29, 0.717) is 22.7 Å². The fourth-order valence-electron chi connectivity index (χ4n) is 3.26. The van der Waals surface area contributed by atoms with Crippen LogP contribution in [-0.4, -0.2) is 11.5 Å². The van der Waals surface area contributed by atoms with Crippen molar-refractivity contribution in [2.75, 3.05) is 17.6 Å². The Morgan fingerprint density at radius 1 is 1.29 bits per heavy atom. The summed E-state index contributed by atoms with van der Waals surface area (Å²) in [5.41, 5.74) is 8.70. The fraction of sp³-hybridized carbons (Fsp3) is 0.562. The van der Waals surface area contributed by atoms with Gasteiger partial charge in [0.2, 0.25) is 0 Å². The lowest BCUT2D eigenvalue weighted by atomic mass is 9.81. The number of anilines is 2. The first kappa shape index (κ1) is 14.0. The number of nitrogens with one attached hydrogen (secondary N) is 2. The summed E-state index contributed by atoms with van der Waals surface area (Å²) in [6, 6.07) is 3.55. The summed E-state index contributed by atoms with van der Waals surface area (Å²) in [6.07, 6.45) is 6.56. The number of rotatable bonds is 4. The van der Waals surface area contributed by atoms with Gasteiger partial charge in [-0.15, -0.1) is 0 Å². The topological polar surface area (TPSA) is 84.0 Å². The van der Waals surface area contributed by atoms with Crippen molar-refractivity contribution in [2.24, 2.45) is 11.8 Å². The number of hydrogen-bond acceptors (Lipinski definition) is 4. The maximum Gasteiger partial charge on any atom is 0.417 e. The number of benzene rings is 1. The highest BCUT2D eigenvalue weighted by atomic mass is 16.4. The van der Waals surface area contributed by atoms with Crippen LogP contribution < -0.4 is 16.8 Å². The smallest absolute Gasteiger partial charge is 0.408 e. The molecule has 114 valence electrons. The number of aromatic amines is 1. The standard InChI is InChI=1S/C16H23N3O2/c1-2-10-3-5-11(6-4-10)9-18-13-8-14-15(7-12(13)17)21-16(20)19-14/h7-8,10-11,18H,2-6,9,17H2,1H3,(H,19,20). The first-order valence-electron chi connectivity index (χ1n) is 7.82. The van der Waals surface area contributed by atoms with Gasteiger partial charge in [-0.2, -0.15) is 0 Å². The molecule has 1 aromatic heterocycles. The van der Waals surface area contributed by atoms with Gasteiger partial charge in [-0.3, -0.25) is 4.98 Å². The SMILES string of the molecule is CCC1CCC(CNc2cc3[nH]c(=O)oc3cc2N)CC1. The van der Waals surface area contributed by atoms with Crippen LogP contribution in [0, 0.1) is 11.8 Å². The van der Waals surface area contributed by atoms with Crippen molar-refractivity contribution in [3.63, 3.8) is 0 Å². The first-order chi connectivity index (χ1) is 10.2. The van der Waals surface area contributed by atoms with E-state index in [1.807, 2.05) is 6.07 Å². The molecule has 0 unspecified atom stereocenters. The summed E-state index contributed by atoms with van der Waals surface area (Å²) in [5.74, 6) is 1.18. The van der Waals surface area contributed by atoms with Gasteiger partial charge in [-0.1, -0.05) is 26.2 Å². The van der Waals surface area contributed by atoms with E-state index >= 15 is 0 Å². The molecule has 0 amide bonds. The zero-order chi connectivity index (χ0) is 14.8. The Kier molecular flexibility index (Phi) is 3.90. The van der Waals surface area contributed by atoms with Crippen LogP contribution in [0.1, 0.15) is 39.0 Å². The number of nitrogen functional groups attached to an aromatic ring is 1. The summed E-state index contributed by atoms with van der Waals surface area (Å²) in [5, 5.41) is 3.43. The zero-order valence-electron chi connectivity index (χ0n) is 12.4. The normalized spacial score (nSPS) is 22.5. The molecule has 21 heavy (non-hydrogen) atoms. The van der Waals surface area contributed by atoms with Crippen LogP contribution in [0.3, 0.4) is 0 Å². The predicted octanol–water partition coefficient (Wildman–Crippen LogP) is 3.33. The van der Waals surface area contributed by atoms with Crippen LogP contribution in [0.4, 0.5) is 11.4 Å². The average Bonchev–Trinajstić information content (AvgIpc) is 2.84. The van der Waals surface area contributed by atoms with Crippen molar-refractivity contribution in [1.82, 2.24) is 4.98 Å². The van der Waals surface area contributed by atoms with Crippen LogP contribution >= 0.6 is 0 Å². The molecule has 0 radical (unpaired) electrons. The molecule has 1 saturated carbocycles. The van der Waals surface area contributed by atoms with E-state index < -0.39 is 5.76 Å². The number of hydrogen-bond donors (Lipinski definition) is 3. The molecular formula is C16H23N3O2. The van der Waals surface area contributed by atoms with Gasteiger partial charge in [-0.25, -0.2) is 4.79 Å². The number of oxazole rings is 1. The molecule has 0 bridgehead atoms. The number of aromatic nitrogens is 1. The number of H-pyrrole nitrogens is 1. The third-order valence-electron chi connectivity index (χ3n) is 4.72. The van der Waals surface area contributed by atoms with E-state index in [-0.39, 0.29) is 0 Å². The summed E-state index contributed by atoms with van der Waals surface area (Å²) in [4.78, 5) is 13.9. The highest BCUT2D eigenvalue weighted by Crippen LogP contribution is 2.31. The molecule has 0 aliphatic heterocycles. The van der Waals surface area contributed by atoms with E-state index in [1.165, 1.54) is 32.1 Å². The first-order valence-corrected chi connectivity index (χ1v) is 7.82. The molecule has 1 aliphatic rings. The Bertz CT molecular complexity index is 666. The molecule has 5 heteroatoms. The quantitative estimate of drug-likeness (QED) is 0.754. The second-order valence-corrected chi connectivity index (χ2v) is 6.13. The summed E-state index contributed by atoms with van der Waals surface area (Å²) >= 11 is 0. The van der Waals surface area contributed by atoms with E-state index in [2.05, 4.69) is 17.2 Å². The Hall–Kier alpha value is -1.91. The van der Waals surface area contributed by atoms with Crippen LogP contribution in [0.2, 0.25) is 0 Å². The van der Waals surface area contributed by atoms with Gasteiger partial charge in [-0.05, 0) is 30.7 Å². The lowest BCUT2D eigenvalue weighted by molar-refractivity contribution is 0.278. The second-order valence-electron chi connectivity index (χ2n) is 6.13. The molecule has 0 spiro atoms. The van der Waals surface area contributed by atoms with Crippen LogP contribution in [0.25, 0.3) is 11.1 Å². The molecule has 3 rings (SSSR count). The summed E-state index contributed by atoms with van der Waals surface area (Å²) < 4.78 is 5.00. The van der Waals surface area contributed by atoms with Crippen LogP contribution in [0.15, 0.2) is 21.3 Å². The minimum Gasteiger partial charge on any atom is -0.408 e. The molecule has 0 atom stereocenters. The largest absolute Gasteiger partial charge is 0.417 e. The van der Waals surface area contributed by atoms with Crippen molar-refractivity contribution in [2.45, 2.75) is 39.0 Å². The van der Waals surface area contributed by atoms with Crippen molar-refractivity contribution < 1.29 is 4.42 Å². The van der Waals surface area contributed by atoms with Crippen molar-refractivity contribution in [3.05, 3.63) is 22.7 Å².